The number of carbonyl (C=O) groups excluding carboxylic acids is 1. The van der Waals surface area contributed by atoms with Crippen molar-refractivity contribution < 1.29 is 4.79 Å². The normalized spacial score (nSPS) is 16.0. The summed E-state index contributed by atoms with van der Waals surface area (Å²) >= 11 is 0. The maximum absolute atomic E-state index is 12.0. The highest BCUT2D eigenvalue weighted by atomic mass is 16.2. The fourth-order valence-corrected chi connectivity index (χ4v) is 2.86. The first-order chi connectivity index (χ1) is 12.6. The topological polar surface area (TPSA) is 86.8 Å². The van der Waals surface area contributed by atoms with E-state index in [1.807, 2.05) is 18.2 Å². The molecule has 3 N–H and O–H groups in total. The van der Waals surface area contributed by atoms with Crippen LogP contribution < -0.4 is 11.2 Å². The molecule has 1 fully saturated rings. The van der Waals surface area contributed by atoms with Gasteiger partial charge in [0.05, 0.1) is 6.21 Å². The summed E-state index contributed by atoms with van der Waals surface area (Å²) in [5, 5.41) is 4.03. The number of piperazine rings is 1. The molecule has 0 bridgehead atoms. The Balaban J connectivity index is 1.62. The minimum Gasteiger partial charge on any atom is -0.398 e. The molecule has 1 aliphatic rings. The third-order valence-corrected chi connectivity index (χ3v) is 4.53. The molecule has 1 aromatic carbocycles. The van der Waals surface area contributed by atoms with Crippen molar-refractivity contribution in [3.8, 4) is 0 Å². The van der Waals surface area contributed by atoms with E-state index in [-0.39, 0.29) is 5.91 Å². The molecule has 0 aliphatic carbocycles. The molecule has 1 saturated heterocycles. The lowest BCUT2D eigenvalue weighted by molar-refractivity contribution is 0.0955. The summed E-state index contributed by atoms with van der Waals surface area (Å²) in [5.41, 5.74) is 11.9. The van der Waals surface area contributed by atoms with Gasteiger partial charge in [-0.25, -0.2) is 5.43 Å². The zero-order valence-corrected chi connectivity index (χ0v) is 14.9. The first-order valence-corrected chi connectivity index (χ1v) is 8.65. The van der Waals surface area contributed by atoms with Crippen molar-refractivity contribution in [1.82, 2.24) is 20.2 Å². The molecule has 0 spiro atoms. The largest absolute Gasteiger partial charge is 0.398 e. The van der Waals surface area contributed by atoms with E-state index in [0.29, 0.717) is 11.3 Å². The van der Waals surface area contributed by atoms with Crippen LogP contribution in [0, 0.1) is 0 Å². The van der Waals surface area contributed by atoms with Crippen molar-refractivity contribution in [3.05, 3.63) is 59.4 Å². The lowest BCUT2D eigenvalue weighted by atomic mass is 10.1. The van der Waals surface area contributed by atoms with Crippen LogP contribution >= 0.6 is 0 Å². The minimum atomic E-state index is -0.282. The van der Waals surface area contributed by atoms with Crippen LogP contribution in [0.3, 0.4) is 0 Å². The van der Waals surface area contributed by atoms with Crippen LogP contribution in [0.25, 0.3) is 0 Å². The lowest BCUT2D eigenvalue weighted by Gasteiger charge is -2.32. The number of aromatic nitrogens is 1. The van der Waals surface area contributed by atoms with Crippen LogP contribution in [0.2, 0.25) is 0 Å². The average Bonchev–Trinajstić information content (AvgIpc) is 2.67. The van der Waals surface area contributed by atoms with Crippen LogP contribution in [0.4, 0.5) is 5.69 Å². The highest BCUT2D eigenvalue weighted by Gasteiger charge is 2.15. The first kappa shape index (κ1) is 18.0. The highest BCUT2D eigenvalue weighted by Crippen LogP contribution is 2.18. The summed E-state index contributed by atoms with van der Waals surface area (Å²) < 4.78 is 0. The standard InChI is InChI=1S/C19H24N6O/c1-24-9-11-25(12-10-24)14-17-4-2-3-16(18(17)20)13-22-23-19(26)15-5-7-21-8-6-15/h2-8,13H,9-12,14,20H2,1H3,(H,23,26)/b22-13+. The van der Waals surface area contributed by atoms with Crippen molar-refractivity contribution in [2.24, 2.45) is 5.10 Å². The van der Waals surface area contributed by atoms with Crippen LogP contribution in [-0.2, 0) is 6.54 Å². The molecule has 0 radical (unpaired) electrons. The van der Waals surface area contributed by atoms with Gasteiger partial charge < -0.3 is 10.6 Å². The Kier molecular flexibility index (Phi) is 5.93. The molecule has 26 heavy (non-hydrogen) atoms. The number of rotatable bonds is 5. The van der Waals surface area contributed by atoms with E-state index in [0.717, 1.165) is 43.9 Å². The van der Waals surface area contributed by atoms with Gasteiger partial charge in [0, 0.05) is 61.9 Å². The van der Waals surface area contributed by atoms with Crippen molar-refractivity contribution >= 4 is 17.8 Å². The summed E-state index contributed by atoms with van der Waals surface area (Å²) in [6, 6.07) is 9.17. The third kappa shape index (κ3) is 4.65. The van der Waals surface area contributed by atoms with Crippen molar-refractivity contribution in [1.29, 1.82) is 0 Å². The zero-order valence-electron chi connectivity index (χ0n) is 14.9. The highest BCUT2D eigenvalue weighted by molar-refractivity contribution is 5.95. The Bertz CT molecular complexity index is 769. The van der Waals surface area contributed by atoms with Crippen LogP contribution in [0.5, 0.6) is 0 Å². The molecule has 7 heteroatoms. The fraction of sp³-hybridized carbons (Fsp3) is 0.316. The summed E-state index contributed by atoms with van der Waals surface area (Å²) in [7, 11) is 2.14. The third-order valence-electron chi connectivity index (χ3n) is 4.53. The predicted octanol–water partition coefficient (Wildman–Crippen LogP) is 1.18. The molecule has 0 unspecified atom stereocenters. The number of pyridine rings is 1. The van der Waals surface area contributed by atoms with Gasteiger partial charge in [-0.2, -0.15) is 5.10 Å². The zero-order chi connectivity index (χ0) is 18.4. The predicted molar refractivity (Wildman–Crippen MR) is 103 cm³/mol. The summed E-state index contributed by atoms with van der Waals surface area (Å²) in [5.74, 6) is -0.282. The number of hydrogen-bond donors (Lipinski definition) is 2. The molecule has 1 aromatic heterocycles. The first-order valence-electron chi connectivity index (χ1n) is 8.65. The second-order valence-electron chi connectivity index (χ2n) is 6.43. The molecule has 1 amide bonds. The molecule has 2 aromatic rings. The van der Waals surface area contributed by atoms with Crippen LogP contribution in [-0.4, -0.2) is 60.1 Å². The van der Waals surface area contributed by atoms with Crippen molar-refractivity contribution in [2.75, 3.05) is 39.0 Å². The fourth-order valence-electron chi connectivity index (χ4n) is 2.86. The Morgan fingerprint density at radius 3 is 2.69 bits per heavy atom. The molecule has 7 nitrogen and oxygen atoms in total. The van der Waals surface area contributed by atoms with Gasteiger partial charge in [-0.3, -0.25) is 14.7 Å². The quantitative estimate of drug-likeness (QED) is 0.479. The number of nitrogens with one attached hydrogen (secondary N) is 1. The van der Waals surface area contributed by atoms with E-state index in [4.69, 9.17) is 5.73 Å². The Morgan fingerprint density at radius 2 is 1.96 bits per heavy atom. The van der Waals surface area contributed by atoms with Gasteiger partial charge in [0.1, 0.15) is 0 Å². The molecule has 3 rings (SSSR count). The molecule has 136 valence electrons. The smallest absolute Gasteiger partial charge is 0.271 e. The van der Waals surface area contributed by atoms with Gasteiger partial charge in [0.2, 0.25) is 0 Å². The van der Waals surface area contributed by atoms with Gasteiger partial charge in [-0.15, -0.1) is 0 Å². The summed E-state index contributed by atoms with van der Waals surface area (Å²) in [6.45, 7) is 5.04. The Morgan fingerprint density at radius 1 is 1.23 bits per heavy atom. The number of hydrogen-bond acceptors (Lipinski definition) is 6. The summed E-state index contributed by atoms with van der Waals surface area (Å²) in [6.07, 6.45) is 4.72. The van der Waals surface area contributed by atoms with E-state index < -0.39 is 0 Å². The van der Waals surface area contributed by atoms with E-state index >= 15 is 0 Å². The summed E-state index contributed by atoms with van der Waals surface area (Å²) in [4.78, 5) is 20.6. The van der Waals surface area contributed by atoms with Gasteiger partial charge in [-0.1, -0.05) is 18.2 Å². The number of para-hydroxylation sites is 1. The lowest BCUT2D eigenvalue weighted by Crippen LogP contribution is -2.43. The molecule has 1 aliphatic heterocycles. The van der Waals surface area contributed by atoms with E-state index in [1.165, 1.54) is 0 Å². The second-order valence-corrected chi connectivity index (χ2v) is 6.43. The van der Waals surface area contributed by atoms with E-state index in [1.54, 1.807) is 30.7 Å². The van der Waals surface area contributed by atoms with Crippen LogP contribution in [0.15, 0.2) is 47.8 Å². The molecule has 0 saturated carbocycles. The maximum atomic E-state index is 12.0. The number of nitrogen functional groups attached to an aromatic ring is 1. The van der Waals surface area contributed by atoms with Crippen molar-refractivity contribution in [3.63, 3.8) is 0 Å². The van der Waals surface area contributed by atoms with Gasteiger partial charge in [0.25, 0.3) is 5.91 Å². The van der Waals surface area contributed by atoms with Gasteiger partial charge >= 0.3 is 0 Å². The molecular weight excluding hydrogens is 328 g/mol. The Labute approximate surface area is 153 Å². The number of hydrazone groups is 1. The SMILES string of the molecule is CN1CCN(Cc2cccc(/C=N/NC(=O)c3ccncc3)c2N)CC1. The van der Waals surface area contributed by atoms with E-state index in [2.05, 4.69) is 32.4 Å². The minimum absolute atomic E-state index is 0.282. The molecular formula is C19H24N6O. The van der Waals surface area contributed by atoms with Crippen LogP contribution in [0.1, 0.15) is 21.5 Å². The number of nitrogens with two attached hydrogens (primary N) is 1. The van der Waals surface area contributed by atoms with E-state index in [9.17, 15) is 4.79 Å². The Hall–Kier alpha value is -2.77. The number of nitrogens with zero attached hydrogens (tertiary/aromatic N) is 4. The number of carbonyl (C=O) groups is 1. The number of benzene rings is 1. The monoisotopic (exact) mass is 352 g/mol. The number of likely N-dealkylation sites (N-methyl/N-ethyl adjacent to an activating group) is 1. The van der Waals surface area contributed by atoms with Gasteiger partial charge in [-0.05, 0) is 24.7 Å². The maximum Gasteiger partial charge on any atom is 0.271 e. The average molecular weight is 352 g/mol. The molecule has 2 heterocycles. The number of anilines is 1. The van der Waals surface area contributed by atoms with Gasteiger partial charge in [0.15, 0.2) is 0 Å². The molecule has 0 atom stereocenters. The second kappa shape index (κ2) is 8.55. The number of amides is 1. The van der Waals surface area contributed by atoms with Crippen molar-refractivity contribution in [2.45, 2.75) is 6.54 Å².